The van der Waals surface area contributed by atoms with Gasteiger partial charge in [-0.15, -0.1) is 0 Å². The molecule has 0 aromatic heterocycles. The highest BCUT2D eigenvalue weighted by molar-refractivity contribution is 6.08. The van der Waals surface area contributed by atoms with Gasteiger partial charge in [-0.1, -0.05) is 96.1 Å². The zero-order valence-electron chi connectivity index (χ0n) is 20.6. The molecule has 0 amide bonds. The van der Waals surface area contributed by atoms with Crippen molar-refractivity contribution < 1.29 is 0 Å². The van der Waals surface area contributed by atoms with Crippen LogP contribution in [0.15, 0.2) is 127 Å². The van der Waals surface area contributed by atoms with Crippen molar-refractivity contribution in [3.8, 4) is 0 Å². The molecule has 1 N–H and O–H groups in total. The number of aryl methyl sites for hydroxylation is 2. The topological polar surface area (TPSA) is 15.3 Å². The predicted octanol–water partition coefficient (Wildman–Crippen LogP) is 9.82. The number of fused-ring (bicyclic) bond motifs is 2. The standard InChI is InChI=1S/C34H28N2/c1-24-14-18-27(19-15-24)35-32-22-23-34(31-12-6-5-11-30(31)32)36(28-20-16-25(2)17-21-28)33-13-7-9-26-8-3-4-10-29(26)33/h3-23,35H,1-2H3. The van der Waals surface area contributed by atoms with Gasteiger partial charge in [0.2, 0.25) is 0 Å². The van der Waals surface area contributed by atoms with Gasteiger partial charge in [0.15, 0.2) is 0 Å². The Labute approximate surface area is 212 Å². The van der Waals surface area contributed by atoms with Gasteiger partial charge >= 0.3 is 0 Å². The largest absolute Gasteiger partial charge is 0.355 e. The minimum Gasteiger partial charge on any atom is -0.355 e. The number of nitrogens with zero attached hydrogens (tertiary/aromatic N) is 1. The quantitative estimate of drug-likeness (QED) is 0.273. The third-order valence-electron chi connectivity index (χ3n) is 6.77. The molecule has 2 nitrogen and oxygen atoms in total. The summed E-state index contributed by atoms with van der Waals surface area (Å²) in [4.78, 5) is 2.39. The van der Waals surface area contributed by atoms with Gasteiger partial charge in [0.1, 0.15) is 0 Å². The van der Waals surface area contributed by atoms with Crippen molar-refractivity contribution in [3.63, 3.8) is 0 Å². The lowest BCUT2D eigenvalue weighted by Crippen LogP contribution is -2.11. The number of hydrogen-bond acceptors (Lipinski definition) is 2. The second kappa shape index (κ2) is 9.24. The maximum absolute atomic E-state index is 3.64. The van der Waals surface area contributed by atoms with E-state index in [4.69, 9.17) is 0 Å². The molecule has 6 aromatic carbocycles. The molecule has 2 heteroatoms. The first-order valence-corrected chi connectivity index (χ1v) is 12.4. The van der Waals surface area contributed by atoms with Gasteiger partial charge in [-0.25, -0.2) is 0 Å². The smallest absolute Gasteiger partial charge is 0.0541 e. The van der Waals surface area contributed by atoms with Crippen molar-refractivity contribution in [2.75, 3.05) is 10.2 Å². The minimum atomic E-state index is 1.09. The summed E-state index contributed by atoms with van der Waals surface area (Å²) in [6.45, 7) is 4.24. The van der Waals surface area contributed by atoms with Crippen molar-refractivity contribution >= 4 is 50.0 Å². The first-order valence-electron chi connectivity index (χ1n) is 12.4. The predicted molar refractivity (Wildman–Crippen MR) is 155 cm³/mol. The van der Waals surface area contributed by atoms with Crippen LogP contribution in [0.5, 0.6) is 0 Å². The number of rotatable bonds is 5. The number of nitrogens with one attached hydrogen (secondary N) is 1. The van der Waals surface area contributed by atoms with E-state index in [2.05, 4.69) is 151 Å². The molecule has 0 radical (unpaired) electrons. The van der Waals surface area contributed by atoms with Crippen LogP contribution in [0.4, 0.5) is 28.4 Å². The molecule has 0 bridgehead atoms. The fourth-order valence-electron chi connectivity index (χ4n) is 4.88. The lowest BCUT2D eigenvalue weighted by atomic mass is 10.0. The van der Waals surface area contributed by atoms with E-state index in [0.717, 1.165) is 22.7 Å². The first-order chi connectivity index (χ1) is 17.7. The molecule has 0 saturated carbocycles. The molecule has 0 aliphatic rings. The van der Waals surface area contributed by atoms with Gasteiger partial charge in [-0.2, -0.15) is 0 Å². The Morgan fingerprint density at radius 3 is 1.81 bits per heavy atom. The van der Waals surface area contributed by atoms with Crippen LogP contribution in [0.3, 0.4) is 0 Å². The highest BCUT2D eigenvalue weighted by atomic mass is 15.1. The van der Waals surface area contributed by atoms with Crippen molar-refractivity contribution in [2.45, 2.75) is 13.8 Å². The third kappa shape index (κ3) is 4.08. The van der Waals surface area contributed by atoms with Crippen molar-refractivity contribution in [1.29, 1.82) is 0 Å². The molecule has 6 aromatic rings. The van der Waals surface area contributed by atoms with Crippen LogP contribution in [-0.2, 0) is 0 Å². The molecule has 0 unspecified atom stereocenters. The van der Waals surface area contributed by atoms with Crippen molar-refractivity contribution in [2.24, 2.45) is 0 Å². The summed E-state index contributed by atoms with van der Waals surface area (Å²) in [5.41, 5.74) is 8.15. The van der Waals surface area contributed by atoms with Crippen LogP contribution in [0, 0.1) is 13.8 Å². The number of benzene rings is 6. The summed E-state index contributed by atoms with van der Waals surface area (Å²) in [7, 11) is 0. The van der Waals surface area contributed by atoms with Gasteiger partial charge in [-0.05, 0) is 61.7 Å². The van der Waals surface area contributed by atoms with Gasteiger partial charge in [0.25, 0.3) is 0 Å². The fraction of sp³-hybridized carbons (Fsp3) is 0.0588. The Morgan fingerprint density at radius 2 is 1.06 bits per heavy atom. The summed E-state index contributed by atoms with van der Waals surface area (Å²) >= 11 is 0. The Bertz CT molecular complexity index is 1660. The molecule has 0 aliphatic carbocycles. The van der Waals surface area contributed by atoms with E-state index >= 15 is 0 Å². The van der Waals surface area contributed by atoms with E-state index in [9.17, 15) is 0 Å². The van der Waals surface area contributed by atoms with Crippen molar-refractivity contribution in [3.05, 3.63) is 139 Å². The SMILES string of the molecule is Cc1ccc(Nc2ccc(N(c3ccc(C)cc3)c3cccc4ccccc34)c3ccccc23)cc1. The number of anilines is 5. The Balaban J connectivity index is 1.57. The van der Waals surface area contributed by atoms with Gasteiger partial charge in [0, 0.05) is 33.2 Å². The van der Waals surface area contributed by atoms with E-state index in [1.807, 2.05) is 0 Å². The lowest BCUT2D eigenvalue weighted by molar-refractivity contribution is 1.30. The Morgan fingerprint density at radius 1 is 0.472 bits per heavy atom. The molecule has 0 atom stereocenters. The summed E-state index contributed by atoms with van der Waals surface area (Å²) in [6.07, 6.45) is 0. The maximum Gasteiger partial charge on any atom is 0.0541 e. The van der Waals surface area contributed by atoms with Gasteiger partial charge in [-0.3, -0.25) is 0 Å². The molecule has 174 valence electrons. The maximum atomic E-state index is 3.64. The van der Waals surface area contributed by atoms with E-state index in [-0.39, 0.29) is 0 Å². The molecular formula is C34H28N2. The molecule has 36 heavy (non-hydrogen) atoms. The molecule has 0 heterocycles. The third-order valence-corrected chi connectivity index (χ3v) is 6.77. The molecular weight excluding hydrogens is 436 g/mol. The van der Waals surface area contributed by atoms with Crippen LogP contribution >= 0.6 is 0 Å². The van der Waals surface area contributed by atoms with Crippen LogP contribution in [0.2, 0.25) is 0 Å². The van der Waals surface area contributed by atoms with E-state index < -0.39 is 0 Å². The Hall–Kier alpha value is -4.56. The molecule has 0 aliphatic heterocycles. The molecule has 0 spiro atoms. The summed E-state index contributed by atoms with van der Waals surface area (Å²) in [5, 5.41) is 8.48. The monoisotopic (exact) mass is 464 g/mol. The van der Waals surface area contributed by atoms with E-state index in [0.29, 0.717) is 0 Å². The highest BCUT2D eigenvalue weighted by Crippen LogP contribution is 2.43. The van der Waals surface area contributed by atoms with E-state index in [1.165, 1.54) is 38.4 Å². The number of hydrogen-bond donors (Lipinski definition) is 1. The first kappa shape index (κ1) is 21.9. The van der Waals surface area contributed by atoms with Crippen LogP contribution in [0.25, 0.3) is 21.5 Å². The highest BCUT2D eigenvalue weighted by Gasteiger charge is 2.18. The van der Waals surface area contributed by atoms with Gasteiger partial charge in [0.05, 0.1) is 11.4 Å². The molecule has 6 rings (SSSR count). The minimum absolute atomic E-state index is 1.09. The zero-order chi connectivity index (χ0) is 24.5. The second-order valence-electron chi connectivity index (χ2n) is 9.34. The summed E-state index contributed by atoms with van der Waals surface area (Å²) in [6, 6.07) is 45.6. The Kier molecular flexibility index (Phi) is 5.63. The zero-order valence-corrected chi connectivity index (χ0v) is 20.6. The van der Waals surface area contributed by atoms with Crippen LogP contribution in [-0.4, -0.2) is 0 Å². The lowest BCUT2D eigenvalue weighted by Gasteiger charge is -2.29. The fourth-order valence-corrected chi connectivity index (χ4v) is 4.88. The molecule has 0 saturated heterocycles. The van der Waals surface area contributed by atoms with Crippen LogP contribution < -0.4 is 10.2 Å². The summed E-state index contributed by atoms with van der Waals surface area (Å²) < 4.78 is 0. The van der Waals surface area contributed by atoms with Crippen molar-refractivity contribution in [1.82, 2.24) is 0 Å². The molecule has 0 fully saturated rings. The average Bonchev–Trinajstić information content (AvgIpc) is 2.92. The van der Waals surface area contributed by atoms with Crippen LogP contribution in [0.1, 0.15) is 11.1 Å². The van der Waals surface area contributed by atoms with Gasteiger partial charge < -0.3 is 10.2 Å². The van der Waals surface area contributed by atoms with E-state index in [1.54, 1.807) is 0 Å². The summed E-state index contributed by atoms with van der Waals surface area (Å²) in [5.74, 6) is 0. The average molecular weight is 465 g/mol. The second-order valence-corrected chi connectivity index (χ2v) is 9.34. The normalized spacial score (nSPS) is 11.1.